The highest BCUT2D eigenvalue weighted by Crippen LogP contribution is 2.11. The quantitative estimate of drug-likeness (QED) is 0.142. The Kier molecular flexibility index (Phi) is 10.4. The van der Waals surface area contributed by atoms with Gasteiger partial charge in [-0.3, -0.25) is 14.9 Å². The topological polar surface area (TPSA) is 93.8 Å². The van der Waals surface area contributed by atoms with Crippen molar-refractivity contribution in [3.05, 3.63) is 126 Å². The van der Waals surface area contributed by atoms with Crippen LogP contribution in [0.1, 0.15) is 28.3 Å². The SMILES string of the molecule is c1ccc(CNCCN(CCNCc2ccccn2)Cc2ccc(CNCc3nc4ccccc4[nH]3)cc2)nc1. The number of aromatic amines is 1. The Balaban J connectivity index is 1.09. The summed E-state index contributed by atoms with van der Waals surface area (Å²) in [6, 6.07) is 29.1. The average molecular weight is 535 g/mol. The van der Waals surface area contributed by atoms with E-state index in [9.17, 15) is 0 Å². The van der Waals surface area contributed by atoms with E-state index in [1.807, 2.05) is 54.9 Å². The molecule has 0 radical (unpaired) electrons. The second-order valence-electron chi connectivity index (χ2n) is 9.89. The van der Waals surface area contributed by atoms with Gasteiger partial charge >= 0.3 is 0 Å². The molecule has 2 aromatic carbocycles. The monoisotopic (exact) mass is 534 g/mol. The molecule has 5 aromatic rings. The number of fused-ring (bicyclic) bond motifs is 1. The molecule has 206 valence electrons. The van der Waals surface area contributed by atoms with Gasteiger partial charge in [0.2, 0.25) is 0 Å². The molecule has 0 aliphatic rings. The van der Waals surface area contributed by atoms with Crippen LogP contribution in [-0.2, 0) is 32.7 Å². The Hall–Kier alpha value is -3.95. The number of H-pyrrole nitrogens is 1. The molecule has 3 aromatic heterocycles. The maximum absolute atomic E-state index is 4.65. The van der Waals surface area contributed by atoms with Crippen molar-refractivity contribution < 1.29 is 0 Å². The molecule has 0 bridgehead atoms. The van der Waals surface area contributed by atoms with Crippen LogP contribution in [0, 0.1) is 0 Å². The fourth-order valence-electron chi connectivity index (χ4n) is 4.62. The zero-order chi connectivity index (χ0) is 27.2. The van der Waals surface area contributed by atoms with E-state index < -0.39 is 0 Å². The smallest absolute Gasteiger partial charge is 0.121 e. The summed E-state index contributed by atoms with van der Waals surface area (Å²) in [5.74, 6) is 0.960. The van der Waals surface area contributed by atoms with Gasteiger partial charge in [-0.25, -0.2) is 4.98 Å². The summed E-state index contributed by atoms with van der Waals surface area (Å²) in [5, 5.41) is 10.6. The van der Waals surface area contributed by atoms with Crippen molar-refractivity contribution in [1.29, 1.82) is 0 Å². The zero-order valence-electron chi connectivity index (χ0n) is 22.9. The lowest BCUT2D eigenvalue weighted by Crippen LogP contribution is -2.36. The number of pyridine rings is 2. The van der Waals surface area contributed by atoms with E-state index in [1.165, 1.54) is 11.1 Å². The van der Waals surface area contributed by atoms with E-state index in [2.05, 4.69) is 83.3 Å². The number of hydrogen-bond donors (Lipinski definition) is 4. The number of nitrogens with one attached hydrogen (secondary N) is 4. The van der Waals surface area contributed by atoms with Crippen molar-refractivity contribution in [1.82, 2.24) is 40.8 Å². The van der Waals surface area contributed by atoms with Crippen LogP contribution in [-0.4, -0.2) is 51.0 Å². The fraction of sp³-hybridized carbons (Fsp3) is 0.281. The molecular formula is C32H38N8. The minimum Gasteiger partial charge on any atom is -0.341 e. The molecule has 40 heavy (non-hydrogen) atoms. The van der Waals surface area contributed by atoms with Crippen LogP contribution < -0.4 is 16.0 Å². The van der Waals surface area contributed by atoms with Crippen LogP contribution in [0.3, 0.4) is 0 Å². The van der Waals surface area contributed by atoms with Gasteiger partial charge in [0.25, 0.3) is 0 Å². The van der Waals surface area contributed by atoms with Crippen molar-refractivity contribution in [2.24, 2.45) is 0 Å². The molecule has 0 saturated heterocycles. The van der Waals surface area contributed by atoms with Gasteiger partial charge in [0.15, 0.2) is 0 Å². The van der Waals surface area contributed by atoms with Crippen LogP contribution in [0.25, 0.3) is 11.0 Å². The molecule has 0 spiro atoms. The number of benzene rings is 2. The molecule has 0 unspecified atom stereocenters. The summed E-state index contributed by atoms with van der Waals surface area (Å²) < 4.78 is 0. The third kappa shape index (κ3) is 8.79. The summed E-state index contributed by atoms with van der Waals surface area (Å²) in [5.41, 5.74) is 6.79. The molecule has 4 N–H and O–H groups in total. The molecule has 0 atom stereocenters. The Labute approximate surface area is 236 Å². The first-order valence-corrected chi connectivity index (χ1v) is 14.0. The third-order valence-corrected chi connectivity index (χ3v) is 6.76. The first kappa shape index (κ1) is 27.6. The second-order valence-corrected chi connectivity index (χ2v) is 9.89. The second kappa shape index (κ2) is 15.0. The first-order chi connectivity index (χ1) is 19.8. The average Bonchev–Trinajstić information content (AvgIpc) is 3.42. The Morgan fingerprint density at radius 2 is 1.23 bits per heavy atom. The highest BCUT2D eigenvalue weighted by atomic mass is 15.2. The summed E-state index contributed by atoms with van der Waals surface area (Å²) >= 11 is 0. The maximum atomic E-state index is 4.65. The van der Waals surface area contributed by atoms with E-state index >= 15 is 0 Å². The van der Waals surface area contributed by atoms with Gasteiger partial charge in [-0.2, -0.15) is 0 Å². The van der Waals surface area contributed by atoms with Gasteiger partial charge in [-0.1, -0.05) is 48.5 Å². The Bertz CT molecular complexity index is 1320. The lowest BCUT2D eigenvalue weighted by atomic mass is 10.1. The van der Waals surface area contributed by atoms with Gasteiger partial charge in [-0.05, 0) is 47.5 Å². The van der Waals surface area contributed by atoms with Crippen LogP contribution in [0.4, 0.5) is 0 Å². The number of aromatic nitrogens is 4. The van der Waals surface area contributed by atoms with Crippen LogP contribution >= 0.6 is 0 Å². The lowest BCUT2D eigenvalue weighted by Gasteiger charge is -2.23. The van der Waals surface area contributed by atoms with E-state index in [0.29, 0.717) is 6.54 Å². The number of nitrogens with zero attached hydrogens (tertiary/aromatic N) is 4. The van der Waals surface area contributed by atoms with Crippen LogP contribution in [0.15, 0.2) is 97.3 Å². The van der Waals surface area contributed by atoms with Crippen molar-refractivity contribution in [3.8, 4) is 0 Å². The highest BCUT2D eigenvalue weighted by Gasteiger charge is 2.07. The van der Waals surface area contributed by atoms with Crippen molar-refractivity contribution >= 4 is 11.0 Å². The minimum atomic E-state index is 0.710. The molecule has 3 heterocycles. The first-order valence-electron chi connectivity index (χ1n) is 14.0. The van der Waals surface area contributed by atoms with Crippen molar-refractivity contribution in [2.75, 3.05) is 26.2 Å². The predicted octanol–water partition coefficient (Wildman–Crippen LogP) is 4.02. The van der Waals surface area contributed by atoms with Crippen molar-refractivity contribution in [3.63, 3.8) is 0 Å². The van der Waals surface area contributed by atoms with Gasteiger partial charge in [0.05, 0.1) is 29.0 Å². The predicted molar refractivity (Wildman–Crippen MR) is 160 cm³/mol. The summed E-state index contributed by atoms with van der Waals surface area (Å²) in [6.07, 6.45) is 3.68. The van der Waals surface area contributed by atoms with Gasteiger partial charge in [0.1, 0.15) is 5.82 Å². The summed E-state index contributed by atoms with van der Waals surface area (Å²) in [6.45, 7) is 7.70. The summed E-state index contributed by atoms with van der Waals surface area (Å²) in [7, 11) is 0. The molecule has 0 fully saturated rings. The zero-order valence-corrected chi connectivity index (χ0v) is 22.9. The van der Waals surface area contributed by atoms with E-state index in [4.69, 9.17) is 0 Å². The Morgan fingerprint density at radius 3 is 1.85 bits per heavy atom. The van der Waals surface area contributed by atoms with Gasteiger partial charge in [-0.15, -0.1) is 0 Å². The van der Waals surface area contributed by atoms with Crippen LogP contribution in [0.2, 0.25) is 0 Å². The molecular weight excluding hydrogens is 496 g/mol. The normalized spacial score (nSPS) is 11.4. The standard InChI is InChI=1S/C32H38N8/c1-2-10-31-30(9-1)38-32(39-31)24-35-21-26-11-13-27(14-12-26)25-40(19-17-33-22-28-7-3-5-15-36-28)20-18-34-23-29-8-4-6-16-37-29/h1-16,33-35H,17-25H2,(H,38,39). The molecule has 8 nitrogen and oxygen atoms in total. The lowest BCUT2D eigenvalue weighted by molar-refractivity contribution is 0.263. The molecule has 0 amide bonds. The van der Waals surface area contributed by atoms with E-state index in [-0.39, 0.29) is 0 Å². The van der Waals surface area contributed by atoms with E-state index in [0.717, 1.165) is 80.6 Å². The number of rotatable bonds is 16. The highest BCUT2D eigenvalue weighted by molar-refractivity contribution is 5.74. The van der Waals surface area contributed by atoms with Crippen LogP contribution in [0.5, 0.6) is 0 Å². The summed E-state index contributed by atoms with van der Waals surface area (Å²) in [4.78, 5) is 19.3. The van der Waals surface area contributed by atoms with Gasteiger partial charge < -0.3 is 20.9 Å². The third-order valence-electron chi connectivity index (χ3n) is 6.76. The molecule has 5 rings (SSSR count). The molecule has 0 aliphatic carbocycles. The van der Waals surface area contributed by atoms with Crippen molar-refractivity contribution in [2.45, 2.75) is 32.7 Å². The molecule has 0 aliphatic heterocycles. The maximum Gasteiger partial charge on any atom is 0.121 e. The van der Waals surface area contributed by atoms with E-state index in [1.54, 1.807) is 0 Å². The molecule has 8 heteroatoms. The molecule has 0 saturated carbocycles. The Morgan fingerprint density at radius 1 is 0.600 bits per heavy atom. The minimum absolute atomic E-state index is 0.710. The largest absolute Gasteiger partial charge is 0.341 e. The number of hydrogen-bond acceptors (Lipinski definition) is 7. The van der Waals surface area contributed by atoms with Gasteiger partial charge in [0, 0.05) is 64.8 Å². The number of imidazole rings is 1. The number of para-hydroxylation sites is 2. The fourth-order valence-corrected chi connectivity index (χ4v) is 4.62.